The highest BCUT2D eigenvalue weighted by Gasteiger charge is 2.33. The number of aryl methyl sites for hydroxylation is 1. The van der Waals surface area contributed by atoms with Crippen molar-refractivity contribution in [3.8, 4) is 0 Å². The molecule has 1 aromatic carbocycles. The van der Waals surface area contributed by atoms with E-state index in [4.69, 9.17) is 0 Å². The molecular formula is C22H28N4O3. The summed E-state index contributed by atoms with van der Waals surface area (Å²) in [5, 5.41) is 15.5. The summed E-state index contributed by atoms with van der Waals surface area (Å²) in [7, 11) is 0. The number of nitro groups is 1. The molecule has 1 amide bonds. The average Bonchev–Trinajstić information content (AvgIpc) is 3.00. The number of benzene rings is 1. The van der Waals surface area contributed by atoms with Crippen LogP contribution in [-0.2, 0) is 6.54 Å². The summed E-state index contributed by atoms with van der Waals surface area (Å²) in [4.78, 5) is 25.8. The fourth-order valence-electron chi connectivity index (χ4n) is 5.00. The summed E-state index contributed by atoms with van der Waals surface area (Å²) in [5.74, 6) is 1.59. The van der Waals surface area contributed by atoms with E-state index in [0.29, 0.717) is 29.4 Å². The number of amides is 1. The molecule has 4 rings (SSSR count). The van der Waals surface area contributed by atoms with E-state index in [-0.39, 0.29) is 16.5 Å². The fourth-order valence-corrected chi connectivity index (χ4v) is 5.00. The summed E-state index contributed by atoms with van der Waals surface area (Å²) in [6.07, 6.45) is 6.34. The molecule has 0 spiro atoms. The van der Waals surface area contributed by atoms with Crippen LogP contribution < -0.4 is 0 Å². The topological polar surface area (TPSA) is 81.3 Å². The molecule has 0 N–H and O–H groups in total. The molecule has 1 aromatic heterocycles. The highest BCUT2D eigenvalue weighted by atomic mass is 16.6. The maximum Gasteiger partial charge on any atom is 0.312 e. The van der Waals surface area contributed by atoms with E-state index in [0.717, 1.165) is 31.0 Å². The smallest absolute Gasteiger partial charge is 0.312 e. The van der Waals surface area contributed by atoms with Crippen LogP contribution in [-0.4, -0.2) is 38.6 Å². The fraction of sp³-hybridized carbons (Fsp3) is 0.545. The van der Waals surface area contributed by atoms with Gasteiger partial charge in [-0.05, 0) is 56.2 Å². The number of fused-ring (bicyclic) bond motifs is 1. The Balaban J connectivity index is 1.43. The summed E-state index contributed by atoms with van der Waals surface area (Å²) in [6, 6.07) is 7.57. The van der Waals surface area contributed by atoms with E-state index in [1.165, 1.54) is 25.7 Å². The normalized spacial score (nSPS) is 21.7. The molecule has 1 aliphatic carbocycles. The summed E-state index contributed by atoms with van der Waals surface area (Å²) < 4.78 is 1.65. The van der Waals surface area contributed by atoms with Gasteiger partial charge >= 0.3 is 5.69 Å². The van der Waals surface area contributed by atoms with Gasteiger partial charge in [0.2, 0.25) is 0 Å². The van der Waals surface area contributed by atoms with Crippen molar-refractivity contribution in [1.29, 1.82) is 0 Å². The largest absolute Gasteiger partial charge is 0.338 e. The van der Waals surface area contributed by atoms with Gasteiger partial charge in [-0.1, -0.05) is 31.4 Å². The summed E-state index contributed by atoms with van der Waals surface area (Å²) in [6.45, 7) is 5.56. The maximum absolute atomic E-state index is 13.0. The van der Waals surface area contributed by atoms with Crippen molar-refractivity contribution in [1.82, 2.24) is 14.7 Å². The van der Waals surface area contributed by atoms with Crippen LogP contribution in [0.3, 0.4) is 0 Å². The SMILES string of the molecule is Cc1nn(Cc2ccc(C(=O)N3CC[C@H]4CCCC[C@@H]4C3)cc2)c(C)c1[N+](=O)[O-]. The van der Waals surface area contributed by atoms with Crippen LogP contribution >= 0.6 is 0 Å². The molecule has 7 heteroatoms. The first-order valence-electron chi connectivity index (χ1n) is 10.5. The van der Waals surface area contributed by atoms with Crippen molar-refractivity contribution in [3.63, 3.8) is 0 Å². The van der Waals surface area contributed by atoms with Gasteiger partial charge in [0.25, 0.3) is 5.91 Å². The first-order valence-corrected chi connectivity index (χ1v) is 10.5. The number of hydrogen-bond donors (Lipinski definition) is 0. The molecule has 7 nitrogen and oxygen atoms in total. The predicted octanol–water partition coefficient (Wildman–Crippen LogP) is 4.11. The lowest BCUT2D eigenvalue weighted by atomic mass is 9.75. The van der Waals surface area contributed by atoms with Crippen LogP contribution in [0.25, 0.3) is 0 Å². The number of rotatable bonds is 4. The monoisotopic (exact) mass is 396 g/mol. The minimum Gasteiger partial charge on any atom is -0.338 e. The van der Waals surface area contributed by atoms with Gasteiger partial charge in [0.05, 0.1) is 11.5 Å². The van der Waals surface area contributed by atoms with Crippen molar-refractivity contribution >= 4 is 11.6 Å². The molecule has 29 heavy (non-hydrogen) atoms. The lowest BCUT2D eigenvalue weighted by Gasteiger charge is -2.41. The molecule has 1 saturated heterocycles. The molecule has 2 fully saturated rings. The Morgan fingerprint density at radius 3 is 2.48 bits per heavy atom. The third-order valence-corrected chi connectivity index (χ3v) is 6.64. The minimum absolute atomic E-state index is 0.0721. The number of nitrogens with zero attached hydrogens (tertiary/aromatic N) is 4. The van der Waals surface area contributed by atoms with E-state index in [9.17, 15) is 14.9 Å². The Kier molecular flexibility index (Phi) is 5.39. The van der Waals surface area contributed by atoms with Gasteiger partial charge in [0.15, 0.2) is 0 Å². The van der Waals surface area contributed by atoms with Crippen molar-refractivity contribution in [3.05, 3.63) is 56.9 Å². The predicted molar refractivity (Wildman–Crippen MR) is 110 cm³/mol. The van der Waals surface area contributed by atoms with Gasteiger partial charge in [-0.2, -0.15) is 5.10 Å². The minimum atomic E-state index is -0.384. The Labute approximate surface area is 170 Å². The number of carbonyl (C=O) groups is 1. The number of piperidine rings is 1. The van der Waals surface area contributed by atoms with E-state index < -0.39 is 0 Å². The molecule has 2 aliphatic rings. The Morgan fingerprint density at radius 1 is 1.14 bits per heavy atom. The van der Waals surface area contributed by atoms with Crippen LogP contribution in [0.2, 0.25) is 0 Å². The Morgan fingerprint density at radius 2 is 1.83 bits per heavy atom. The molecule has 154 valence electrons. The zero-order valence-corrected chi connectivity index (χ0v) is 17.1. The number of hydrogen-bond acceptors (Lipinski definition) is 4. The van der Waals surface area contributed by atoms with Crippen LogP contribution in [0, 0.1) is 35.8 Å². The molecule has 2 heterocycles. The quantitative estimate of drug-likeness (QED) is 0.575. The highest BCUT2D eigenvalue weighted by molar-refractivity contribution is 5.94. The second-order valence-electron chi connectivity index (χ2n) is 8.48. The van der Waals surface area contributed by atoms with Crippen LogP contribution in [0.15, 0.2) is 24.3 Å². The second kappa shape index (κ2) is 7.97. The van der Waals surface area contributed by atoms with Gasteiger partial charge in [-0.3, -0.25) is 19.6 Å². The summed E-state index contributed by atoms with van der Waals surface area (Å²) in [5.41, 5.74) is 2.71. The third kappa shape index (κ3) is 3.91. The van der Waals surface area contributed by atoms with Crippen molar-refractivity contribution in [2.75, 3.05) is 13.1 Å². The lowest BCUT2D eigenvalue weighted by molar-refractivity contribution is -0.386. The number of carbonyl (C=O) groups excluding carboxylic acids is 1. The third-order valence-electron chi connectivity index (χ3n) is 6.64. The highest BCUT2D eigenvalue weighted by Crippen LogP contribution is 2.36. The summed E-state index contributed by atoms with van der Waals surface area (Å²) >= 11 is 0. The number of aromatic nitrogens is 2. The van der Waals surface area contributed by atoms with E-state index in [1.807, 2.05) is 29.2 Å². The molecule has 1 saturated carbocycles. The van der Waals surface area contributed by atoms with Gasteiger partial charge in [-0.15, -0.1) is 0 Å². The Bertz CT molecular complexity index is 919. The van der Waals surface area contributed by atoms with Crippen molar-refractivity contribution in [2.45, 2.75) is 52.5 Å². The van der Waals surface area contributed by atoms with E-state index >= 15 is 0 Å². The zero-order valence-electron chi connectivity index (χ0n) is 17.1. The first kappa shape index (κ1) is 19.6. The molecule has 1 aliphatic heterocycles. The first-order chi connectivity index (χ1) is 13.9. The van der Waals surface area contributed by atoms with Crippen LogP contribution in [0.5, 0.6) is 0 Å². The zero-order chi connectivity index (χ0) is 20.5. The van der Waals surface area contributed by atoms with Crippen LogP contribution in [0.1, 0.15) is 59.4 Å². The lowest BCUT2D eigenvalue weighted by Crippen LogP contribution is -2.44. The van der Waals surface area contributed by atoms with Gasteiger partial charge < -0.3 is 4.90 Å². The second-order valence-corrected chi connectivity index (χ2v) is 8.48. The van der Waals surface area contributed by atoms with E-state index in [1.54, 1.807) is 18.5 Å². The Hall–Kier alpha value is -2.70. The molecular weight excluding hydrogens is 368 g/mol. The van der Waals surface area contributed by atoms with E-state index in [2.05, 4.69) is 5.10 Å². The maximum atomic E-state index is 13.0. The molecule has 0 radical (unpaired) electrons. The molecule has 2 atom stereocenters. The number of likely N-dealkylation sites (tertiary alicyclic amines) is 1. The standard InChI is InChI=1S/C22H28N4O3/c1-15-21(26(28)29)16(2)25(23-15)13-17-7-9-19(10-8-17)22(27)24-12-11-18-5-3-4-6-20(18)14-24/h7-10,18,20H,3-6,11-14H2,1-2H3/t18-,20-/m1/s1. The molecule has 0 bridgehead atoms. The van der Waals surface area contributed by atoms with Gasteiger partial charge in [-0.25, -0.2) is 0 Å². The molecule has 0 unspecified atom stereocenters. The van der Waals surface area contributed by atoms with Crippen molar-refractivity contribution < 1.29 is 9.72 Å². The van der Waals surface area contributed by atoms with Gasteiger partial charge in [0, 0.05) is 18.7 Å². The van der Waals surface area contributed by atoms with Crippen LogP contribution in [0.4, 0.5) is 5.69 Å². The van der Waals surface area contributed by atoms with Crippen molar-refractivity contribution in [2.24, 2.45) is 11.8 Å². The van der Waals surface area contributed by atoms with Gasteiger partial charge in [0.1, 0.15) is 11.4 Å². The average molecular weight is 396 g/mol. The molecule has 2 aromatic rings.